The molecular formula is C9H13N3OS. The van der Waals surface area contributed by atoms with Crippen molar-refractivity contribution in [2.45, 2.75) is 13.8 Å². The molecule has 0 aromatic carbocycles. The molecule has 14 heavy (non-hydrogen) atoms. The minimum absolute atomic E-state index is 0.0475. The van der Waals surface area contributed by atoms with E-state index in [0.29, 0.717) is 10.0 Å². The van der Waals surface area contributed by atoms with Gasteiger partial charge in [0.2, 0.25) is 5.13 Å². The maximum Gasteiger partial charge on any atom is 0.211 e. The number of thiazole rings is 1. The van der Waals surface area contributed by atoms with Gasteiger partial charge in [-0.3, -0.25) is 4.79 Å². The van der Waals surface area contributed by atoms with Crippen LogP contribution in [0, 0.1) is 6.92 Å². The Kier molecular flexibility index (Phi) is 3.35. The molecule has 0 amide bonds. The van der Waals surface area contributed by atoms with E-state index in [1.165, 1.54) is 11.3 Å². The Morgan fingerprint density at radius 3 is 2.64 bits per heavy atom. The van der Waals surface area contributed by atoms with Gasteiger partial charge in [0.05, 0.1) is 16.9 Å². The average Bonchev–Trinajstić information content (AvgIpc) is 2.43. The maximum absolute atomic E-state index is 11.1. The van der Waals surface area contributed by atoms with E-state index in [0.717, 1.165) is 5.69 Å². The molecule has 1 heterocycles. The zero-order valence-electron chi connectivity index (χ0n) is 8.74. The fourth-order valence-corrected chi connectivity index (χ4v) is 1.73. The molecule has 5 heteroatoms. The van der Waals surface area contributed by atoms with Crippen LogP contribution in [-0.2, 0) is 0 Å². The van der Waals surface area contributed by atoms with Gasteiger partial charge in [-0.25, -0.2) is 9.98 Å². The molecular weight excluding hydrogens is 198 g/mol. The van der Waals surface area contributed by atoms with Gasteiger partial charge in [-0.05, 0) is 6.92 Å². The van der Waals surface area contributed by atoms with Crippen LogP contribution in [0.2, 0.25) is 0 Å². The molecule has 0 atom stereocenters. The topological polar surface area (TPSA) is 45.6 Å². The quantitative estimate of drug-likeness (QED) is 0.435. The van der Waals surface area contributed by atoms with Crippen molar-refractivity contribution in [1.82, 2.24) is 9.88 Å². The van der Waals surface area contributed by atoms with Crippen LogP contribution in [-0.4, -0.2) is 36.1 Å². The third-order valence-corrected chi connectivity index (χ3v) is 2.67. The summed E-state index contributed by atoms with van der Waals surface area (Å²) in [5, 5.41) is 0.626. The number of aryl methyl sites for hydroxylation is 1. The summed E-state index contributed by atoms with van der Waals surface area (Å²) < 4.78 is 0. The number of carbonyl (C=O) groups is 1. The first-order valence-corrected chi connectivity index (χ1v) is 5.01. The highest BCUT2D eigenvalue weighted by molar-refractivity contribution is 7.17. The second kappa shape index (κ2) is 4.32. The van der Waals surface area contributed by atoms with Gasteiger partial charge in [0.15, 0.2) is 5.78 Å². The van der Waals surface area contributed by atoms with Crippen LogP contribution in [0.1, 0.15) is 22.3 Å². The van der Waals surface area contributed by atoms with Gasteiger partial charge in [0, 0.05) is 21.0 Å². The van der Waals surface area contributed by atoms with E-state index in [2.05, 4.69) is 9.98 Å². The Hall–Kier alpha value is -1.23. The standard InChI is InChI=1S/C9H13N3OS/c1-6-8(7(2)13)14-9(11-6)10-5-12(3)4/h5H,1-4H3. The van der Waals surface area contributed by atoms with E-state index in [-0.39, 0.29) is 5.78 Å². The van der Waals surface area contributed by atoms with Crippen molar-refractivity contribution in [3.63, 3.8) is 0 Å². The lowest BCUT2D eigenvalue weighted by atomic mass is 10.3. The van der Waals surface area contributed by atoms with E-state index >= 15 is 0 Å². The molecule has 0 bridgehead atoms. The van der Waals surface area contributed by atoms with Crippen LogP contribution < -0.4 is 0 Å². The van der Waals surface area contributed by atoms with Gasteiger partial charge >= 0.3 is 0 Å². The maximum atomic E-state index is 11.1. The van der Waals surface area contributed by atoms with Crippen LogP contribution in [0.15, 0.2) is 4.99 Å². The van der Waals surface area contributed by atoms with Crippen LogP contribution >= 0.6 is 11.3 Å². The van der Waals surface area contributed by atoms with Gasteiger partial charge in [0.1, 0.15) is 0 Å². The number of Topliss-reactive ketones (excluding diaryl/α,β-unsaturated/α-hetero) is 1. The largest absolute Gasteiger partial charge is 0.369 e. The Labute approximate surface area is 87.3 Å². The van der Waals surface area contributed by atoms with E-state index in [1.54, 1.807) is 13.3 Å². The van der Waals surface area contributed by atoms with Gasteiger partial charge < -0.3 is 4.90 Å². The second-order valence-corrected chi connectivity index (χ2v) is 4.15. The van der Waals surface area contributed by atoms with Crippen molar-refractivity contribution >= 4 is 28.6 Å². The highest BCUT2D eigenvalue weighted by Crippen LogP contribution is 2.24. The third-order valence-electron chi connectivity index (χ3n) is 1.50. The number of rotatable bonds is 3. The molecule has 0 saturated heterocycles. The smallest absolute Gasteiger partial charge is 0.211 e. The molecule has 1 aromatic heterocycles. The van der Waals surface area contributed by atoms with E-state index in [4.69, 9.17) is 0 Å². The van der Waals surface area contributed by atoms with Gasteiger partial charge in [-0.15, -0.1) is 0 Å². The molecule has 0 aliphatic heterocycles. The van der Waals surface area contributed by atoms with Crippen molar-refractivity contribution < 1.29 is 4.79 Å². The Morgan fingerprint density at radius 2 is 2.21 bits per heavy atom. The Morgan fingerprint density at radius 1 is 1.57 bits per heavy atom. The number of hydrogen-bond acceptors (Lipinski definition) is 4. The summed E-state index contributed by atoms with van der Waals surface area (Å²) in [7, 11) is 3.77. The summed E-state index contributed by atoms with van der Waals surface area (Å²) in [4.78, 5) is 21.9. The van der Waals surface area contributed by atoms with Gasteiger partial charge in [-0.2, -0.15) is 0 Å². The third kappa shape index (κ3) is 2.63. The van der Waals surface area contributed by atoms with E-state index in [1.807, 2.05) is 25.9 Å². The summed E-state index contributed by atoms with van der Waals surface area (Å²) in [5.41, 5.74) is 0.758. The molecule has 1 rings (SSSR count). The summed E-state index contributed by atoms with van der Waals surface area (Å²) in [5.74, 6) is 0.0475. The van der Waals surface area contributed by atoms with Crippen LogP contribution in [0.5, 0.6) is 0 Å². The predicted octanol–water partition coefficient (Wildman–Crippen LogP) is 1.88. The molecule has 1 aromatic rings. The van der Waals surface area contributed by atoms with Crippen molar-refractivity contribution in [2.24, 2.45) is 4.99 Å². The number of nitrogens with zero attached hydrogens (tertiary/aromatic N) is 3. The monoisotopic (exact) mass is 211 g/mol. The predicted molar refractivity (Wildman–Crippen MR) is 58.7 cm³/mol. The number of aliphatic imine (C=N–C) groups is 1. The summed E-state index contributed by atoms with van der Waals surface area (Å²) in [6, 6.07) is 0. The molecule has 0 aliphatic carbocycles. The zero-order valence-corrected chi connectivity index (χ0v) is 9.55. The summed E-state index contributed by atoms with van der Waals surface area (Å²) in [6.07, 6.45) is 1.67. The van der Waals surface area contributed by atoms with Crippen molar-refractivity contribution in [3.05, 3.63) is 10.6 Å². The second-order valence-electron chi connectivity index (χ2n) is 3.18. The van der Waals surface area contributed by atoms with Gasteiger partial charge in [-0.1, -0.05) is 11.3 Å². The molecule has 0 spiro atoms. The number of hydrogen-bond donors (Lipinski definition) is 0. The first-order valence-electron chi connectivity index (χ1n) is 4.19. The molecule has 0 saturated carbocycles. The normalized spacial score (nSPS) is 10.9. The lowest BCUT2D eigenvalue weighted by molar-refractivity contribution is 0.102. The fraction of sp³-hybridized carbons (Fsp3) is 0.444. The Bertz CT molecular complexity index is 368. The molecule has 0 fully saturated rings. The fourth-order valence-electron chi connectivity index (χ4n) is 0.929. The van der Waals surface area contributed by atoms with E-state index < -0.39 is 0 Å². The Balaban J connectivity index is 2.91. The number of carbonyl (C=O) groups excluding carboxylic acids is 1. The minimum atomic E-state index is 0.0475. The van der Waals surface area contributed by atoms with E-state index in [9.17, 15) is 4.79 Å². The molecule has 0 radical (unpaired) electrons. The molecule has 0 aliphatic rings. The van der Waals surface area contributed by atoms with Crippen LogP contribution in [0.4, 0.5) is 5.13 Å². The SMILES string of the molecule is CC(=O)c1sc(N=CN(C)C)nc1C. The van der Waals surface area contributed by atoms with Gasteiger partial charge in [0.25, 0.3) is 0 Å². The lowest BCUT2D eigenvalue weighted by Gasteiger charge is -1.99. The molecule has 4 nitrogen and oxygen atoms in total. The van der Waals surface area contributed by atoms with Crippen molar-refractivity contribution in [1.29, 1.82) is 0 Å². The summed E-state index contributed by atoms with van der Waals surface area (Å²) in [6.45, 7) is 3.36. The first kappa shape index (κ1) is 10.8. The lowest BCUT2D eigenvalue weighted by Crippen LogP contribution is -2.06. The first-order chi connectivity index (χ1) is 6.50. The molecule has 76 valence electrons. The summed E-state index contributed by atoms with van der Waals surface area (Å²) >= 11 is 1.32. The number of aromatic nitrogens is 1. The zero-order chi connectivity index (χ0) is 10.7. The van der Waals surface area contributed by atoms with Crippen molar-refractivity contribution in [3.8, 4) is 0 Å². The molecule has 0 N–H and O–H groups in total. The highest BCUT2D eigenvalue weighted by Gasteiger charge is 2.10. The highest BCUT2D eigenvalue weighted by atomic mass is 32.1. The molecule has 0 unspecified atom stereocenters. The van der Waals surface area contributed by atoms with Crippen LogP contribution in [0.3, 0.4) is 0 Å². The minimum Gasteiger partial charge on any atom is -0.369 e. The van der Waals surface area contributed by atoms with Crippen LogP contribution in [0.25, 0.3) is 0 Å². The van der Waals surface area contributed by atoms with Crippen molar-refractivity contribution in [2.75, 3.05) is 14.1 Å². The number of ketones is 1. The average molecular weight is 211 g/mol.